The van der Waals surface area contributed by atoms with Gasteiger partial charge in [0.2, 0.25) is 0 Å². The van der Waals surface area contributed by atoms with Crippen LogP contribution < -0.4 is 0 Å². The van der Waals surface area contributed by atoms with Gasteiger partial charge in [0.1, 0.15) is 11.6 Å². The highest BCUT2D eigenvalue weighted by atomic mass is 32.2. The van der Waals surface area contributed by atoms with Gasteiger partial charge in [0.25, 0.3) is 0 Å². The van der Waals surface area contributed by atoms with Crippen LogP contribution in [-0.2, 0) is 9.53 Å². The number of hydrogen-bond donors (Lipinski definition) is 0. The summed E-state index contributed by atoms with van der Waals surface area (Å²) in [6, 6.07) is 3.27. The number of hydrogen-bond acceptors (Lipinski definition) is 3. The lowest BCUT2D eigenvalue weighted by Gasteiger charge is -2.11. The molecule has 5 heteroatoms. The molecular formula is C12H14F2O2S. The van der Waals surface area contributed by atoms with Crippen molar-refractivity contribution >= 4 is 17.7 Å². The maximum Gasteiger partial charge on any atom is 0.306 e. The fraction of sp³-hybridized carbons (Fsp3) is 0.417. The third-order valence-corrected chi connectivity index (χ3v) is 3.12. The Kier molecular flexibility index (Phi) is 5.41. The second-order valence-corrected chi connectivity index (χ2v) is 4.99. The van der Waals surface area contributed by atoms with E-state index in [4.69, 9.17) is 4.74 Å². The summed E-state index contributed by atoms with van der Waals surface area (Å²) in [7, 11) is 0. The van der Waals surface area contributed by atoms with Crippen LogP contribution in [0.15, 0.2) is 23.1 Å². The van der Waals surface area contributed by atoms with Gasteiger partial charge in [-0.25, -0.2) is 8.78 Å². The highest BCUT2D eigenvalue weighted by Gasteiger charge is 2.14. The minimum absolute atomic E-state index is 0.162. The minimum Gasteiger partial charge on any atom is -0.466 e. The number of esters is 1. The van der Waals surface area contributed by atoms with Gasteiger partial charge in [-0.05, 0) is 25.1 Å². The van der Waals surface area contributed by atoms with Gasteiger partial charge in [-0.2, -0.15) is 0 Å². The Hall–Kier alpha value is -1.10. The number of thioether (sulfide) groups is 1. The van der Waals surface area contributed by atoms with E-state index in [0.29, 0.717) is 6.61 Å². The Balaban J connectivity index is 2.58. The van der Waals surface area contributed by atoms with E-state index in [-0.39, 0.29) is 22.5 Å². The van der Waals surface area contributed by atoms with Crippen LogP contribution in [0.1, 0.15) is 20.3 Å². The number of halogens is 2. The number of benzene rings is 1. The van der Waals surface area contributed by atoms with Gasteiger partial charge >= 0.3 is 5.97 Å². The first-order valence-corrected chi connectivity index (χ1v) is 6.18. The molecule has 1 aromatic rings. The average Bonchev–Trinajstić information content (AvgIpc) is 2.23. The van der Waals surface area contributed by atoms with E-state index in [1.54, 1.807) is 13.8 Å². The molecule has 0 fully saturated rings. The molecule has 1 aromatic carbocycles. The van der Waals surface area contributed by atoms with Gasteiger partial charge in [-0.1, -0.05) is 6.92 Å². The smallest absolute Gasteiger partial charge is 0.306 e. The van der Waals surface area contributed by atoms with Crippen LogP contribution in [0.25, 0.3) is 0 Å². The Morgan fingerprint density at radius 2 is 2.18 bits per heavy atom. The molecule has 0 aliphatic carbocycles. The molecule has 1 unspecified atom stereocenters. The summed E-state index contributed by atoms with van der Waals surface area (Å²) in [5.74, 6) is -1.30. The van der Waals surface area contributed by atoms with Crippen molar-refractivity contribution in [3.05, 3.63) is 29.8 Å². The summed E-state index contributed by atoms with van der Waals surface area (Å²) >= 11 is 1.12. The standard InChI is InChI=1S/C12H14F2O2S/c1-3-16-12(15)6-8(2)17-11-7-9(13)4-5-10(11)14/h4-5,7-8H,3,6H2,1-2H3. The van der Waals surface area contributed by atoms with Crippen LogP contribution in [-0.4, -0.2) is 17.8 Å². The zero-order valence-electron chi connectivity index (χ0n) is 9.70. The monoisotopic (exact) mass is 260 g/mol. The summed E-state index contributed by atoms with van der Waals surface area (Å²) in [6.45, 7) is 3.82. The van der Waals surface area contributed by atoms with Gasteiger partial charge < -0.3 is 4.74 Å². The van der Waals surface area contributed by atoms with Crippen LogP contribution in [0.4, 0.5) is 8.78 Å². The highest BCUT2D eigenvalue weighted by Crippen LogP contribution is 2.28. The fourth-order valence-electron chi connectivity index (χ4n) is 1.28. The highest BCUT2D eigenvalue weighted by molar-refractivity contribution is 8.00. The Morgan fingerprint density at radius 1 is 1.47 bits per heavy atom. The summed E-state index contributed by atoms with van der Waals surface area (Å²) in [4.78, 5) is 11.4. The Bertz CT molecular complexity index is 396. The van der Waals surface area contributed by atoms with Crippen molar-refractivity contribution in [1.29, 1.82) is 0 Å². The van der Waals surface area contributed by atoms with Gasteiger partial charge in [0.15, 0.2) is 0 Å². The molecule has 2 nitrogen and oxygen atoms in total. The molecule has 0 radical (unpaired) electrons. The summed E-state index contributed by atoms with van der Waals surface area (Å²) in [5.41, 5.74) is 0. The molecule has 1 rings (SSSR count). The molecule has 0 aromatic heterocycles. The molecule has 0 aliphatic rings. The molecule has 0 amide bonds. The molecule has 0 heterocycles. The molecular weight excluding hydrogens is 246 g/mol. The fourth-order valence-corrected chi connectivity index (χ4v) is 2.29. The maximum atomic E-state index is 13.3. The van der Waals surface area contributed by atoms with Crippen molar-refractivity contribution in [3.8, 4) is 0 Å². The van der Waals surface area contributed by atoms with Crippen molar-refractivity contribution < 1.29 is 18.3 Å². The maximum absolute atomic E-state index is 13.3. The molecule has 0 aliphatic heterocycles. The molecule has 1 atom stereocenters. The summed E-state index contributed by atoms with van der Waals surface area (Å²) in [6.07, 6.45) is 0.175. The first-order chi connectivity index (χ1) is 8.02. The zero-order chi connectivity index (χ0) is 12.8. The van der Waals surface area contributed by atoms with E-state index in [1.165, 1.54) is 0 Å². The van der Waals surface area contributed by atoms with E-state index in [1.807, 2.05) is 0 Å². The van der Waals surface area contributed by atoms with E-state index in [0.717, 1.165) is 30.0 Å². The summed E-state index contributed by atoms with van der Waals surface area (Å²) in [5, 5.41) is -0.162. The number of carbonyl (C=O) groups is 1. The largest absolute Gasteiger partial charge is 0.466 e. The quantitative estimate of drug-likeness (QED) is 0.599. The molecule has 94 valence electrons. The SMILES string of the molecule is CCOC(=O)CC(C)Sc1cc(F)ccc1F. The number of ether oxygens (including phenoxy) is 1. The van der Waals surface area contributed by atoms with Crippen molar-refractivity contribution in [2.75, 3.05) is 6.61 Å². The molecule has 0 saturated carbocycles. The topological polar surface area (TPSA) is 26.3 Å². The zero-order valence-corrected chi connectivity index (χ0v) is 10.5. The lowest BCUT2D eigenvalue weighted by molar-refractivity contribution is -0.142. The predicted molar refractivity (Wildman–Crippen MR) is 62.9 cm³/mol. The van der Waals surface area contributed by atoms with Crippen molar-refractivity contribution in [2.45, 2.75) is 30.4 Å². The predicted octanol–water partition coefficient (Wildman–Crippen LogP) is 3.40. The van der Waals surface area contributed by atoms with Crippen LogP contribution in [0, 0.1) is 11.6 Å². The van der Waals surface area contributed by atoms with Gasteiger partial charge in [0, 0.05) is 10.1 Å². The lowest BCUT2D eigenvalue weighted by Crippen LogP contribution is -2.10. The van der Waals surface area contributed by atoms with Crippen LogP contribution in [0.5, 0.6) is 0 Å². The number of carbonyl (C=O) groups excluding carboxylic acids is 1. The van der Waals surface area contributed by atoms with Crippen molar-refractivity contribution in [3.63, 3.8) is 0 Å². The van der Waals surface area contributed by atoms with Gasteiger partial charge in [0.05, 0.1) is 13.0 Å². The first-order valence-electron chi connectivity index (χ1n) is 5.30. The van der Waals surface area contributed by atoms with E-state index < -0.39 is 11.6 Å². The normalized spacial score (nSPS) is 12.2. The van der Waals surface area contributed by atoms with E-state index >= 15 is 0 Å². The van der Waals surface area contributed by atoms with Crippen LogP contribution in [0.2, 0.25) is 0 Å². The summed E-state index contributed by atoms with van der Waals surface area (Å²) < 4.78 is 31.0. The molecule has 0 saturated heterocycles. The van der Waals surface area contributed by atoms with Gasteiger partial charge in [-0.15, -0.1) is 11.8 Å². The van der Waals surface area contributed by atoms with Gasteiger partial charge in [-0.3, -0.25) is 4.79 Å². The van der Waals surface area contributed by atoms with Crippen LogP contribution in [0.3, 0.4) is 0 Å². The molecule has 0 bridgehead atoms. The first kappa shape index (κ1) is 14.0. The number of rotatable bonds is 5. The lowest BCUT2D eigenvalue weighted by atomic mass is 10.3. The van der Waals surface area contributed by atoms with E-state index in [2.05, 4.69) is 0 Å². The Labute approximate surface area is 103 Å². The van der Waals surface area contributed by atoms with E-state index in [9.17, 15) is 13.6 Å². The third kappa shape index (κ3) is 4.73. The molecule has 0 N–H and O–H groups in total. The minimum atomic E-state index is -0.489. The molecule has 17 heavy (non-hydrogen) atoms. The molecule has 0 spiro atoms. The third-order valence-electron chi connectivity index (χ3n) is 1.98. The second kappa shape index (κ2) is 6.59. The van der Waals surface area contributed by atoms with Crippen molar-refractivity contribution in [2.24, 2.45) is 0 Å². The Morgan fingerprint density at radius 3 is 2.82 bits per heavy atom. The van der Waals surface area contributed by atoms with Crippen molar-refractivity contribution in [1.82, 2.24) is 0 Å². The average molecular weight is 260 g/mol. The van der Waals surface area contributed by atoms with Crippen LogP contribution >= 0.6 is 11.8 Å². The second-order valence-electron chi connectivity index (χ2n) is 3.51.